The average Bonchev–Trinajstić information content (AvgIpc) is 2.32. The molecule has 2 atom stereocenters. The molecule has 0 amide bonds. The van der Waals surface area contributed by atoms with Crippen molar-refractivity contribution in [2.24, 2.45) is 5.92 Å². The van der Waals surface area contributed by atoms with E-state index in [0.29, 0.717) is 6.04 Å². The summed E-state index contributed by atoms with van der Waals surface area (Å²) in [7, 11) is 0. The summed E-state index contributed by atoms with van der Waals surface area (Å²) in [6, 6.07) is 7.08. The monoisotopic (exact) mass is 297 g/mol. The number of halogens is 1. The van der Waals surface area contributed by atoms with Crippen LogP contribution in [0, 0.1) is 12.8 Å². The second kappa shape index (κ2) is 7.05. The third kappa shape index (κ3) is 4.71. The van der Waals surface area contributed by atoms with Gasteiger partial charge in [-0.3, -0.25) is 0 Å². The average molecular weight is 298 g/mol. The van der Waals surface area contributed by atoms with Gasteiger partial charge in [-0.05, 0) is 43.4 Å². The molecular formula is C15H24BrN. The number of hydrogen-bond acceptors (Lipinski definition) is 1. The Balaban J connectivity index is 2.63. The van der Waals surface area contributed by atoms with Gasteiger partial charge >= 0.3 is 0 Å². The maximum absolute atomic E-state index is 3.63. The lowest BCUT2D eigenvalue weighted by molar-refractivity contribution is 0.462. The van der Waals surface area contributed by atoms with E-state index < -0.39 is 0 Å². The van der Waals surface area contributed by atoms with Gasteiger partial charge in [0.2, 0.25) is 0 Å². The lowest BCUT2D eigenvalue weighted by Crippen LogP contribution is -2.21. The first-order valence-corrected chi connectivity index (χ1v) is 7.38. The fourth-order valence-electron chi connectivity index (χ4n) is 1.90. The molecule has 0 radical (unpaired) electrons. The van der Waals surface area contributed by atoms with Crippen molar-refractivity contribution in [3.63, 3.8) is 0 Å². The first-order chi connectivity index (χ1) is 8.06. The fraction of sp³-hybridized carbons (Fsp3) is 0.600. The zero-order valence-corrected chi connectivity index (χ0v) is 13.0. The largest absolute Gasteiger partial charge is 0.382 e. The van der Waals surface area contributed by atoms with Crippen LogP contribution in [0.4, 0.5) is 5.69 Å². The van der Waals surface area contributed by atoms with E-state index in [2.05, 4.69) is 67.1 Å². The van der Waals surface area contributed by atoms with Gasteiger partial charge in [0, 0.05) is 16.2 Å². The van der Waals surface area contributed by atoms with Gasteiger partial charge in [-0.15, -0.1) is 0 Å². The maximum Gasteiger partial charge on any atom is 0.0353 e. The Hall–Kier alpha value is -0.500. The summed E-state index contributed by atoms with van der Waals surface area (Å²) in [4.78, 5) is 0. The highest BCUT2D eigenvalue weighted by Crippen LogP contribution is 2.23. The van der Waals surface area contributed by atoms with Crippen LogP contribution < -0.4 is 5.32 Å². The van der Waals surface area contributed by atoms with E-state index in [1.54, 1.807) is 0 Å². The number of anilines is 1. The molecular weight excluding hydrogens is 274 g/mol. The number of nitrogens with one attached hydrogen (secondary N) is 1. The molecule has 1 rings (SSSR count). The molecule has 96 valence electrons. The molecule has 1 N–H and O–H groups in total. The van der Waals surface area contributed by atoms with Crippen molar-refractivity contribution in [2.45, 2.75) is 53.0 Å². The van der Waals surface area contributed by atoms with Gasteiger partial charge in [0.05, 0.1) is 0 Å². The van der Waals surface area contributed by atoms with E-state index in [1.165, 1.54) is 35.0 Å². The lowest BCUT2D eigenvalue weighted by atomic mass is 9.97. The number of hydrogen-bond donors (Lipinski definition) is 1. The maximum atomic E-state index is 3.63. The predicted octanol–water partition coefficient (Wildman–Crippen LogP) is 5.38. The summed E-state index contributed by atoms with van der Waals surface area (Å²) in [6.07, 6.45) is 3.68. The zero-order valence-electron chi connectivity index (χ0n) is 11.4. The van der Waals surface area contributed by atoms with E-state index in [4.69, 9.17) is 0 Å². The van der Waals surface area contributed by atoms with Gasteiger partial charge in [-0.25, -0.2) is 0 Å². The molecule has 0 aliphatic heterocycles. The van der Waals surface area contributed by atoms with Crippen molar-refractivity contribution in [3.8, 4) is 0 Å². The van der Waals surface area contributed by atoms with Crippen molar-refractivity contribution in [1.82, 2.24) is 0 Å². The summed E-state index contributed by atoms with van der Waals surface area (Å²) in [5.41, 5.74) is 2.50. The van der Waals surface area contributed by atoms with Crippen LogP contribution in [0.25, 0.3) is 0 Å². The minimum atomic E-state index is 0.583. The van der Waals surface area contributed by atoms with E-state index >= 15 is 0 Å². The zero-order chi connectivity index (χ0) is 12.8. The first-order valence-electron chi connectivity index (χ1n) is 6.59. The second-order valence-corrected chi connectivity index (χ2v) is 5.82. The van der Waals surface area contributed by atoms with E-state index in [-0.39, 0.29) is 0 Å². The Bertz CT molecular complexity index is 349. The van der Waals surface area contributed by atoms with Crippen LogP contribution in [-0.2, 0) is 0 Å². The molecule has 0 aliphatic carbocycles. The molecule has 1 aromatic rings. The Morgan fingerprint density at radius 3 is 2.47 bits per heavy atom. The Morgan fingerprint density at radius 2 is 1.94 bits per heavy atom. The summed E-state index contributed by atoms with van der Waals surface area (Å²) in [5.74, 6) is 0.793. The number of benzene rings is 1. The molecule has 1 nitrogen and oxygen atoms in total. The van der Waals surface area contributed by atoms with Crippen LogP contribution in [0.1, 0.15) is 45.6 Å². The molecule has 0 aliphatic rings. The predicted molar refractivity (Wildman–Crippen MR) is 80.7 cm³/mol. The molecule has 0 aromatic heterocycles. The molecule has 0 saturated heterocycles. The normalized spacial score (nSPS) is 14.4. The van der Waals surface area contributed by atoms with Gasteiger partial charge < -0.3 is 5.32 Å². The van der Waals surface area contributed by atoms with E-state index in [1.807, 2.05) is 0 Å². The van der Waals surface area contributed by atoms with Crippen LogP contribution in [-0.4, -0.2) is 6.04 Å². The van der Waals surface area contributed by atoms with Crippen molar-refractivity contribution in [2.75, 3.05) is 5.32 Å². The molecule has 0 bridgehead atoms. The molecule has 0 spiro atoms. The summed E-state index contributed by atoms with van der Waals surface area (Å²) in [5, 5.41) is 3.63. The van der Waals surface area contributed by atoms with Gasteiger partial charge in [-0.2, -0.15) is 0 Å². The van der Waals surface area contributed by atoms with Gasteiger partial charge in [0.25, 0.3) is 0 Å². The standard InChI is InChI=1S/C15H24BrN/c1-5-11(3)9-13(6-2)17-14-8-7-12(4)15(16)10-14/h7-8,10-11,13,17H,5-6,9H2,1-4H3. The molecule has 0 fully saturated rings. The molecule has 0 saturated carbocycles. The van der Waals surface area contributed by atoms with E-state index in [9.17, 15) is 0 Å². The van der Waals surface area contributed by atoms with Gasteiger partial charge in [-0.1, -0.05) is 49.2 Å². The van der Waals surface area contributed by atoms with Crippen molar-refractivity contribution in [1.29, 1.82) is 0 Å². The SMILES string of the molecule is CCC(C)CC(CC)Nc1ccc(C)c(Br)c1. The first kappa shape index (κ1) is 14.6. The molecule has 2 heteroatoms. The van der Waals surface area contributed by atoms with Crippen LogP contribution in [0.5, 0.6) is 0 Å². The summed E-state index contributed by atoms with van der Waals surface area (Å²) in [6.45, 7) is 8.96. The molecule has 1 aromatic carbocycles. The third-order valence-corrected chi connectivity index (χ3v) is 4.27. The minimum Gasteiger partial charge on any atom is -0.382 e. The topological polar surface area (TPSA) is 12.0 Å². The van der Waals surface area contributed by atoms with Crippen molar-refractivity contribution >= 4 is 21.6 Å². The highest BCUT2D eigenvalue weighted by atomic mass is 79.9. The van der Waals surface area contributed by atoms with Crippen LogP contribution in [0.2, 0.25) is 0 Å². The number of rotatable bonds is 6. The summed E-state index contributed by atoms with van der Waals surface area (Å²) >= 11 is 3.58. The highest BCUT2D eigenvalue weighted by molar-refractivity contribution is 9.10. The number of aryl methyl sites for hydroxylation is 1. The van der Waals surface area contributed by atoms with Crippen LogP contribution in [0.15, 0.2) is 22.7 Å². The Kier molecular flexibility index (Phi) is 6.04. The molecule has 17 heavy (non-hydrogen) atoms. The Morgan fingerprint density at radius 1 is 1.24 bits per heavy atom. The van der Waals surface area contributed by atoms with Crippen molar-refractivity contribution < 1.29 is 0 Å². The van der Waals surface area contributed by atoms with Crippen molar-refractivity contribution in [3.05, 3.63) is 28.2 Å². The highest BCUT2D eigenvalue weighted by Gasteiger charge is 2.10. The van der Waals surface area contributed by atoms with E-state index in [0.717, 1.165) is 5.92 Å². The third-order valence-electron chi connectivity index (χ3n) is 3.42. The fourth-order valence-corrected chi connectivity index (χ4v) is 2.28. The second-order valence-electron chi connectivity index (χ2n) is 4.96. The molecule has 2 unspecified atom stereocenters. The smallest absolute Gasteiger partial charge is 0.0353 e. The van der Waals surface area contributed by atoms with Gasteiger partial charge in [0.1, 0.15) is 0 Å². The van der Waals surface area contributed by atoms with Gasteiger partial charge in [0.15, 0.2) is 0 Å². The molecule has 0 heterocycles. The van der Waals surface area contributed by atoms with Crippen LogP contribution in [0.3, 0.4) is 0 Å². The minimum absolute atomic E-state index is 0.583. The quantitative estimate of drug-likeness (QED) is 0.743. The summed E-state index contributed by atoms with van der Waals surface area (Å²) < 4.78 is 1.18. The lowest BCUT2D eigenvalue weighted by Gasteiger charge is -2.21. The Labute approximate surface area is 114 Å². The van der Waals surface area contributed by atoms with Crippen LogP contribution >= 0.6 is 15.9 Å².